The summed E-state index contributed by atoms with van der Waals surface area (Å²) in [5.41, 5.74) is 2.24. The van der Waals surface area contributed by atoms with E-state index in [1.165, 1.54) is 13.2 Å². The van der Waals surface area contributed by atoms with Crippen LogP contribution < -0.4 is 9.64 Å². The first-order valence-electron chi connectivity index (χ1n) is 12.3. The van der Waals surface area contributed by atoms with Crippen LogP contribution in [0.25, 0.3) is 11.8 Å². The van der Waals surface area contributed by atoms with Gasteiger partial charge in [-0.25, -0.2) is 14.2 Å². The fourth-order valence-corrected chi connectivity index (χ4v) is 4.27. The summed E-state index contributed by atoms with van der Waals surface area (Å²) in [6.07, 6.45) is 3.19. The Balaban J connectivity index is 0.00000164. The molecule has 2 aliphatic heterocycles. The van der Waals surface area contributed by atoms with Crippen LogP contribution >= 0.6 is 0 Å². The van der Waals surface area contributed by atoms with E-state index in [0.29, 0.717) is 48.4 Å². The highest BCUT2D eigenvalue weighted by Crippen LogP contribution is 2.35. The lowest BCUT2D eigenvalue weighted by Gasteiger charge is -2.35. The number of rotatable bonds is 4. The summed E-state index contributed by atoms with van der Waals surface area (Å²) in [4.78, 5) is 33.6. The topological polar surface area (TPSA) is 95.8 Å². The number of nitrogens with zero attached hydrogens (tertiary/aromatic N) is 4. The number of piperazine rings is 1. The van der Waals surface area contributed by atoms with Gasteiger partial charge in [0.1, 0.15) is 17.6 Å². The normalized spacial score (nSPS) is 15.2. The van der Waals surface area contributed by atoms with Crippen LogP contribution in [0.15, 0.2) is 54.7 Å². The Morgan fingerprint density at radius 3 is 2.53 bits per heavy atom. The summed E-state index contributed by atoms with van der Waals surface area (Å²) in [6, 6.07) is 15.2. The Hall–Kier alpha value is -4.71. The van der Waals surface area contributed by atoms with E-state index in [1.54, 1.807) is 47.5 Å². The first-order chi connectivity index (χ1) is 18.5. The molecule has 38 heavy (non-hydrogen) atoms. The van der Waals surface area contributed by atoms with Crippen LogP contribution in [-0.2, 0) is 4.74 Å². The number of pyridine rings is 1. The third-order valence-electron chi connectivity index (χ3n) is 6.18. The van der Waals surface area contributed by atoms with Crippen molar-refractivity contribution in [1.82, 2.24) is 9.88 Å². The van der Waals surface area contributed by atoms with Crippen LogP contribution in [0, 0.1) is 17.1 Å². The summed E-state index contributed by atoms with van der Waals surface area (Å²) >= 11 is 0. The third-order valence-corrected chi connectivity index (χ3v) is 6.18. The number of carbonyl (C=O) groups excluding carboxylic acids is 2. The molecule has 1 amide bonds. The maximum atomic E-state index is 14.0. The molecule has 0 aliphatic carbocycles. The monoisotopic (exact) mass is 514 g/mol. The Kier molecular flexibility index (Phi) is 8.02. The molecule has 1 fully saturated rings. The second kappa shape index (κ2) is 11.6. The minimum absolute atomic E-state index is 0.0113. The number of carbonyl (C=O) groups is 2. The number of aromatic nitrogens is 1. The van der Waals surface area contributed by atoms with Crippen molar-refractivity contribution in [3.05, 3.63) is 88.4 Å². The number of nitriles is 1. The van der Waals surface area contributed by atoms with Gasteiger partial charge in [-0.2, -0.15) is 5.26 Å². The van der Waals surface area contributed by atoms with Gasteiger partial charge in [0.15, 0.2) is 11.6 Å². The summed E-state index contributed by atoms with van der Waals surface area (Å²) in [5, 5.41) is 8.94. The SMILES string of the molecule is CC.COc1cc2c(cc1F)C(=O)O/C2=C\c1cccc(C(=O)N2CCN(c3ccc(C#N)cn3)CC2)c1. The molecule has 8 nitrogen and oxygen atoms in total. The maximum absolute atomic E-state index is 14.0. The number of fused-ring (bicyclic) bond motifs is 1. The Labute approximate surface area is 220 Å². The van der Waals surface area contributed by atoms with Crippen molar-refractivity contribution >= 4 is 29.5 Å². The fourth-order valence-electron chi connectivity index (χ4n) is 4.27. The van der Waals surface area contributed by atoms with Gasteiger partial charge in [0.25, 0.3) is 5.91 Å². The number of cyclic esters (lactones) is 1. The molecule has 0 N–H and O–H groups in total. The van der Waals surface area contributed by atoms with Crippen LogP contribution in [0.5, 0.6) is 5.75 Å². The molecule has 2 aliphatic rings. The zero-order valence-corrected chi connectivity index (χ0v) is 21.4. The molecular weight excluding hydrogens is 487 g/mol. The smallest absolute Gasteiger partial charge is 0.344 e. The first kappa shape index (κ1) is 26.4. The van der Waals surface area contributed by atoms with Gasteiger partial charge in [-0.15, -0.1) is 0 Å². The van der Waals surface area contributed by atoms with E-state index in [1.807, 2.05) is 19.9 Å². The van der Waals surface area contributed by atoms with Gasteiger partial charge < -0.3 is 19.3 Å². The lowest BCUT2D eigenvalue weighted by molar-refractivity contribution is 0.0714. The van der Waals surface area contributed by atoms with Crippen LogP contribution in [0.4, 0.5) is 10.2 Å². The van der Waals surface area contributed by atoms with Crippen molar-refractivity contribution in [3.63, 3.8) is 0 Å². The molecular formula is C29H27FN4O4. The van der Waals surface area contributed by atoms with Crippen molar-refractivity contribution in [1.29, 1.82) is 5.26 Å². The van der Waals surface area contributed by atoms with Gasteiger partial charge >= 0.3 is 5.97 Å². The second-order valence-corrected chi connectivity index (χ2v) is 8.35. The highest BCUT2D eigenvalue weighted by atomic mass is 19.1. The number of halogens is 1. The number of esters is 1. The molecule has 3 heterocycles. The van der Waals surface area contributed by atoms with E-state index in [2.05, 4.69) is 16.0 Å². The van der Waals surface area contributed by atoms with Gasteiger partial charge in [-0.3, -0.25) is 4.79 Å². The number of benzene rings is 2. The van der Waals surface area contributed by atoms with Crippen molar-refractivity contribution in [2.45, 2.75) is 13.8 Å². The van der Waals surface area contributed by atoms with Crippen molar-refractivity contribution in [2.24, 2.45) is 0 Å². The molecule has 9 heteroatoms. The minimum Gasteiger partial charge on any atom is -0.494 e. The number of hydrogen-bond donors (Lipinski definition) is 0. The maximum Gasteiger partial charge on any atom is 0.344 e. The van der Waals surface area contributed by atoms with Gasteiger partial charge in [0, 0.05) is 43.5 Å². The zero-order valence-electron chi connectivity index (χ0n) is 21.4. The Bertz CT molecular complexity index is 1420. The molecule has 5 rings (SSSR count). The van der Waals surface area contributed by atoms with E-state index in [0.717, 1.165) is 11.9 Å². The van der Waals surface area contributed by atoms with Gasteiger partial charge in [-0.05, 0) is 48.0 Å². The number of amides is 1. The van der Waals surface area contributed by atoms with Gasteiger partial charge in [0.2, 0.25) is 0 Å². The van der Waals surface area contributed by atoms with Crippen molar-refractivity contribution < 1.29 is 23.5 Å². The summed E-state index contributed by atoms with van der Waals surface area (Å²) in [5.74, 6) is -0.330. The highest BCUT2D eigenvalue weighted by Gasteiger charge is 2.29. The minimum atomic E-state index is -0.642. The van der Waals surface area contributed by atoms with E-state index >= 15 is 0 Å². The molecule has 194 valence electrons. The number of methoxy groups -OCH3 is 1. The van der Waals surface area contributed by atoms with Crippen LogP contribution in [0.1, 0.15) is 51.3 Å². The molecule has 1 aromatic heterocycles. The average Bonchev–Trinajstić information content (AvgIpc) is 3.26. The molecule has 0 radical (unpaired) electrons. The first-order valence-corrected chi connectivity index (χ1v) is 12.3. The molecule has 0 unspecified atom stereocenters. The lowest BCUT2D eigenvalue weighted by Crippen LogP contribution is -2.49. The molecule has 0 bridgehead atoms. The molecule has 0 atom stereocenters. The van der Waals surface area contributed by atoms with E-state index in [-0.39, 0.29) is 23.0 Å². The van der Waals surface area contributed by atoms with E-state index < -0.39 is 11.8 Å². The van der Waals surface area contributed by atoms with Crippen molar-refractivity contribution in [2.75, 3.05) is 38.2 Å². The predicted octanol–water partition coefficient (Wildman–Crippen LogP) is 4.76. The van der Waals surface area contributed by atoms with Gasteiger partial charge in [0.05, 0.1) is 18.2 Å². The average molecular weight is 515 g/mol. The zero-order chi connectivity index (χ0) is 27.2. The standard InChI is InChI=1S/C27H21FN4O4.C2H6/c1-35-24-14-20-21(13-22(24)28)27(34)36-23(20)12-17-3-2-4-19(11-17)26(33)32-9-7-31(8-10-32)25-6-5-18(15-29)16-30-25;1-2/h2-6,11-14,16H,7-10H2,1H3;1-2H3/b23-12-;. The molecule has 2 aromatic carbocycles. The highest BCUT2D eigenvalue weighted by molar-refractivity contribution is 6.06. The molecule has 0 saturated carbocycles. The van der Waals surface area contributed by atoms with Crippen LogP contribution in [-0.4, -0.2) is 55.0 Å². The van der Waals surface area contributed by atoms with Crippen LogP contribution in [0.2, 0.25) is 0 Å². The largest absolute Gasteiger partial charge is 0.494 e. The number of anilines is 1. The third kappa shape index (κ3) is 5.34. The molecule has 3 aromatic rings. The van der Waals surface area contributed by atoms with Gasteiger partial charge in [-0.1, -0.05) is 26.0 Å². The summed E-state index contributed by atoms with van der Waals surface area (Å²) in [6.45, 7) is 6.31. The fraction of sp³-hybridized carbons (Fsp3) is 0.241. The summed E-state index contributed by atoms with van der Waals surface area (Å²) < 4.78 is 24.4. The molecule has 1 saturated heterocycles. The number of hydrogen-bond acceptors (Lipinski definition) is 7. The predicted molar refractivity (Wildman–Crippen MR) is 141 cm³/mol. The second-order valence-electron chi connectivity index (χ2n) is 8.35. The van der Waals surface area contributed by atoms with E-state index in [9.17, 15) is 14.0 Å². The van der Waals surface area contributed by atoms with E-state index in [4.69, 9.17) is 14.7 Å². The summed E-state index contributed by atoms with van der Waals surface area (Å²) in [7, 11) is 1.35. The van der Waals surface area contributed by atoms with Crippen molar-refractivity contribution in [3.8, 4) is 11.8 Å². The lowest BCUT2D eigenvalue weighted by atomic mass is 10.0. The Morgan fingerprint density at radius 1 is 1.11 bits per heavy atom. The van der Waals surface area contributed by atoms with Crippen LogP contribution in [0.3, 0.4) is 0 Å². The number of ether oxygens (including phenoxy) is 2. The quantitative estimate of drug-likeness (QED) is 0.463. The molecule has 0 spiro atoms. The Morgan fingerprint density at radius 2 is 1.87 bits per heavy atom.